The molecule has 4 nitrogen and oxygen atoms in total. The maximum absolute atomic E-state index is 13.1. The van der Waals surface area contributed by atoms with Crippen LogP contribution in [-0.4, -0.2) is 43.8 Å². The van der Waals surface area contributed by atoms with E-state index in [1.54, 1.807) is 24.1 Å². The lowest BCUT2D eigenvalue weighted by atomic mass is 9.85. The van der Waals surface area contributed by atoms with Crippen LogP contribution in [0.5, 0.6) is 0 Å². The lowest BCUT2D eigenvalue weighted by Gasteiger charge is -2.27. The van der Waals surface area contributed by atoms with Crippen molar-refractivity contribution in [2.45, 2.75) is 38.6 Å². The van der Waals surface area contributed by atoms with Gasteiger partial charge in [0, 0.05) is 19.5 Å². The predicted molar refractivity (Wildman–Crippen MR) is 88.4 cm³/mol. The zero-order chi connectivity index (χ0) is 17.2. The van der Waals surface area contributed by atoms with Crippen molar-refractivity contribution in [3.8, 4) is 0 Å². The number of sulfone groups is 1. The third kappa shape index (κ3) is 4.53. The van der Waals surface area contributed by atoms with Crippen LogP contribution in [0.1, 0.15) is 38.2 Å². The standard InChI is InChI=1S/C17H24FNO3S/c1-12(2)16(13-4-6-14(18)7-5-13)10-17(20)19(3)15-8-9-23(21,22)11-15/h4-7,12,15-16H,8-11H2,1-3H3. The Morgan fingerprint density at radius 1 is 1.30 bits per heavy atom. The molecule has 0 aromatic heterocycles. The molecule has 1 aliphatic rings. The Morgan fingerprint density at radius 2 is 1.91 bits per heavy atom. The lowest BCUT2D eigenvalue weighted by molar-refractivity contribution is -0.132. The van der Waals surface area contributed by atoms with Crippen molar-refractivity contribution in [2.75, 3.05) is 18.6 Å². The molecule has 0 bridgehead atoms. The van der Waals surface area contributed by atoms with Crippen LogP contribution in [0, 0.1) is 11.7 Å². The zero-order valence-corrected chi connectivity index (χ0v) is 14.6. The first-order valence-corrected chi connectivity index (χ1v) is 9.73. The SMILES string of the molecule is CC(C)C(CC(=O)N(C)C1CCS(=O)(=O)C1)c1ccc(F)cc1. The number of amides is 1. The first-order chi connectivity index (χ1) is 10.7. The summed E-state index contributed by atoms with van der Waals surface area (Å²) in [5.41, 5.74) is 0.933. The number of rotatable bonds is 5. The van der Waals surface area contributed by atoms with Crippen molar-refractivity contribution in [3.63, 3.8) is 0 Å². The van der Waals surface area contributed by atoms with Gasteiger partial charge in [0.1, 0.15) is 5.82 Å². The molecule has 0 radical (unpaired) electrons. The number of benzene rings is 1. The van der Waals surface area contributed by atoms with E-state index in [1.807, 2.05) is 13.8 Å². The third-order valence-corrected chi connectivity index (χ3v) is 6.40. The molecule has 1 amide bonds. The van der Waals surface area contributed by atoms with Gasteiger partial charge in [-0.25, -0.2) is 12.8 Å². The highest BCUT2D eigenvalue weighted by Crippen LogP contribution is 2.29. The number of nitrogens with zero attached hydrogens (tertiary/aromatic N) is 1. The molecule has 1 aromatic carbocycles. The predicted octanol–water partition coefficient (Wildman–Crippen LogP) is 2.60. The van der Waals surface area contributed by atoms with Crippen LogP contribution in [-0.2, 0) is 14.6 Å². The Bertz CT molecular complexity index is 655. The van der Waals surface area contributed by atoms with Gasteiger partial charge >= 0.3 is 0 Å². The molecule has 0 saturated carbocycles. The molecular weight excluding hydrogens is 317 g/mol. The zero-order valence-electron chi connectivity index (χ0n) is 13.8. The molecule has 1 saturated heterocycles. The average Bonchev–Trinajstić information content (AvgIpc) is 2.84. The Kier molecular flexibility index (Phi) is 5.45. The van der Waals surface area contributed by atoms with E-state index in [-0.39, 0.29) is 41.1 Å². The molecule has 0 N–H and O–H groups in total. The molecule has 1 aromatic rings. The van der Waals surface area contributed by atoms with E-state index in [0.717, 1.165) is 5.56 Å². The molecule has 1 heterocycles. The highest BCUT2D eigenvalue weighted by Gasteiger charge is 2.33. The summed E-state index contributed by atoms with van der Waals surface area (Å²) < 4.78 is 36.2. The molecular formula is C17H24FNO3S. The van der Waals surface area contributed by atoms with Crippen LogP contribution in [0.25, 0.3) is 0 Å². The van der Waals surface area contributed by atoms with Crippen molar-refractivity contribution in [1.82, 2.24) is 4.90 Å². The molecule has 6 heteroatoms. The minimum atomic E-state index is -3.01. The molecule has 2 rings (SSSR count). The van der Waals surface area contributed by atoms with Crippen LogP contribution in [0.4, 0.5) is 4.39 Å². The van der Waals surface area contributed by atoms with E-state index in [9.17, 15) is 17.6 Å². The normalized spacial score (nSPS) is 21.3. The number of halogens is 1. The Balaban J connectivity index is 2.07. The van der Waals surface area contributed by atoms with Gasteiger partial charge in [-0.2, -0.15) is 0 Å². The highest BCUT2D eigenvalue weighted by atomic mass is 32.2. The summed E-state index contributed by atoms with van der Waals surface area (Å²) in [6, 6.07) is 6.01. The van der Waals surface area contributed by atoms with Crippen molar-refractivity contribution in [2.24, 2.45) is 5.92 Å². The van der Waals surface area contributed by atoms with Crippen LogP contribution < -0.4 is 0 Å². The summed E-state index contributed by atoms with van der Waals surface area (Å²) in [5, 5.41) is 0. The summed E-state index contributed by atoms with van der Waals surface area (Å²) in [4.78, 5) is 14.1. The summed E-state index contributed by atoms with van der Waals surface area (Å²) in [6.45, 7) is 4.06. The molecule has 0 aliphatic carbocycles. The molecule has 1 aliphatic heterocycles. The molecule has 0 spiro atoms. The van der Waals surface area contributed by atoms with Crippen molar-refractivity contribution in [3.05, 3.63) is 35.6 Å². The molecule has 2 unspecified atom stereocenters. The summed E-state index contributed by atoms with van der Waals surface area (Å²) in [6.07, 6.45) is 0.809. The van der Waals surface area contributed by atoms with Crippen LogP contribution in [0.2, 0.25) is 0 Å². The van der Waals surface area contributed by atoms with Gasteiger partial charge in [-0.3, -0.25) is 4.79 Å². The topological polar surface area (TPSA) is 54.5 Å². The van der Waals surface area contributed by atoms with Gasteiger partial charge in [0.25, 0.3) is 0 Å². The van der Waals surface area contributed by atoms with Gasteiger partial charge < -0.3 is 4.90 Å². The fourth-order valence-corrected chi connectivity index (χ4v) is 4.84. The van der Waals surface area contributed by atoms with Gasteiger partial charge in [0.05, 0.1) is 11.5 Å². The second kappa shape index (κ2) is 6.99. The largest absolute Gasteiger partial charge is 0.342 e. The van der Waals surface area contributed by atoms with Gasteiger partial charge in [-0.05, 0) is 36.0 Å². The number of carbonyl (C=O) groups is 1. The van der Waals surface area contributed by atoms with Gasteiger partial charge in [0.2, 0.25) is 5.91 Å². The van der Waals surface area contributed by atoms with Gasteiger partial charge in [0.15, 0.2) is 9.84 Å². The van der Waals surface area contributed by atoms with Crippen LogP contribution >= 0.6 is 0 Å². The van der Waals surface area contributed by atoms with E-state index in [2.05, 4.69) is 0 Å². The van der Waals surface area contributed by atoms with Crippen molar-refractivity contribution >= 4 is 15.7 Å². The van der Waals surface area contributed by atoms with Crippen molar-refractivity contribution < 1.29 is 17.6 Å². The Morgan fingerprint density at radius 3 is 2.39 bits per heavy atom. The van der Waals surface area contributed by atoms with E-state index in [1.165, 1.54) is 12.1 Å². The second-order valence-corrected chi connectivity index (χ2v) is 8.90. The molecule has 23 heavy (non-hydrogen) atoms. The highest BCUT2D eigenvalue weighted by molar-refractivity contribution is 7.91. The Labute approximate surface area is 137 Å². The third-order valence-electron chi connectivity index (χ3n) is 4.65. The number of hydrogen-bond donors (Lipinski definition) is 0. The van der Waals surface area contributed by atoms with Gasteiger partial charge in [-0.15, -0.1) is 0 Å². The average molecular weight is 341 g/mol. The fraction of sp³-hybridized carbons (Fsp3) is 0.588. The minimum absolute atomic E-state index is 0.0106. The van der Waals surface area contributed by atoms with Crippen LogP contribution in [0.15, 0.2) is 24.3 Å². The fourth-order valence-electron chi connectivity index (χ4n) is 3.07. The van der Waals surface area contributed by atoms with E-state index >= 15 is 0 Å². The number of carbonyl (C=O) groups excluding carboxylic acids is 1. The first kappa shape index (κ1) is 17.9. The summed E-state index contributed by atoms with van der Waals surface area (Å²) in [7, 11) is -1.33. The maximum Gasteiger partial charge on any atom is 0.223 e. The van der Waals surface area contributed by atoms with E-state index in [0.29, 0.717) is 12.8 Å². The quantitative estimate of drug-likeness (QED) is 0.827. The lowest BCUT2D eigenvalue weighted by Crippen LogP contribution is -2.38. The summed E-state index contributed by atoms with van der Waals surface area (Å²) in [5.74, 6) is 0.0681. The van der Waals surface area contributed by atoms with Gasteiger partial charge in [-0.1, -0.05) is 26.0 Å². The number of hydrogen-bond acceptors (Lipinski definition) is 3. The van der Waals surface area contributed by atoms with E-state index < -0.39 is 9.84 Å². The minimum Gasteiger partial charge on any atom is -0.342 e. The molecule has 2 atom stereocenters. The smallest absolute Gasteiger partial charge is 0.223 e. The maximum atomic E-state index is 13.1. The Hall–Kier alpha value is -1.43. The van der Waals surface area contributed by atoms with Crippen molar-refractivity contribution in [1.29, 1.82) is 0 Å². The molecule has 128 valence electrons. The van der Waals surface area contributed by atoms with E-state index in [4.69, 9.17) is 0 Å². The first-order valence-electron chi connectivity index (χ1n) is 7.91. The monoisotopic (exact) mass is 341 g/mol. The summed E-state index contributed by atoms with van der Waals surface area (Å²) >= 11 is 0. The molecule has 1 fully saturated rings. The van der Waals surface area contributed by atoms with Crippen LogP contribution in [0.3, 0.4) is 0 Å². The second-order valence-electron chi connectivity index (χ2n) is 6.67.